The van der Waals surface area contributed by atoms with Crippen molar-refractivity contribution in [3.05, 3.63) is 29.3 Å². The van der Waals surface area contributed by atoms with Gasteiger partial charge in [0.05, 0.1) is 0 Å². The summed E-state index contributed by atoms with van der Waals surface area (Å²) in [7, 11) is 0. The summed E-state index contributed by atoms with van der Waals surface area (Å²) in [6.45, 7) is 4.15. The van der Waals surface area contributed by atoms with Gasteiger partial charge in [0.25, 0.3) is 5.92 Å². The van der Waals surface area contributed by atoms with Crippen LogP contribution in [0, 0.1) is 0 Å². The molecule has 0 unspecified atom stereocenters. The number of benzene rings is 1. The fourth-order valence-corrected chi connectivity index (χ4v) is 2.91. The lowest BCUT2D eigenvalue weighted by atomic mass is 9.98. The lowest BCUT2D eigenvalue weighted by Gasteiger charge is -2.25. The predicted molar refractivity (Wildman–Crippen MR) is 59.8 cm³/mol. The molecule has 0 bridgehead atoms. The summed E-state index contributed by atoms with van der Waals surface area (Å²) in [4.78, 5) is 0.762. The van der Waals surface area contributed by atoms with Gasteiger partial charge < -0.3 is 0 Å². The standard InChI is InChI=1S/C12H14F2S/c1-8(2)9-3-4-10-11(7-9)15-6-5-12(10,13)14/h3-4,7-8H,5-6H2,1-2H3. The molecule has 0 aromatic heterocycles. The van der Waals surface area contributed by atoms with Gasteiger partial charge in [-0.15, -0.1) is 11.8 Å². The van der Waals surface area contributed by atoms with E-state index in [0.717, 1.165) is 10.5 Å². The summed E-state index contributed by atoms with van der Waals surface area (Å²) < 4.78 is 27.0. The summed E-state index contributed by atoms with van der Waals surface area (Å²) in [6.07, 6.45) is -0.0360. The van der Waals surface area contributed by atoms with E-state index in [1.54, 1.807) is 17.8 Å². The number of thioether (sulfide) groups is 1. The van der Waals surface area contributed by atoms with E-state index in [2.05, 4.69) is 13.8 Å². The molecule has 2 rings (SSSR count). The van der Waals surface area contributed by atoms with Gasteiger partial charge in [0.15, 0.2) is 0 Å². The first-order valence-corrected chi connectivity index (χ1v) is 6.14. The van der Waals surface area contributed by atoms with E-state index in [0.29, 0.717) is 11.7 Å². The van der Waals surface area contributed by atoms with Crippen LogP contribution in [0.15, 0.2) is 23.1 Å². The molecule has 0 saturated heterocycles. The van der Waals surface area contributed by atoms with E-state index in [9.17, 15) is 8.78 Å². The van der Waals surface area contributed by atoms with Crippen molar-refractivity contribution in [3.63, 3.8) is 0 Å². The van der Waals surface area contributed by atoms with Gasteiger partial charge in [-0.05, 0) is 17.5 Å². The van der Waals surface area contributed by atoms with E-state index < -0.39 is 5.92 Å². The highest BCUT2D eigenvalue weighted by Crippen LogP contribution is 2.44. The van der Waals surface area contributed by atoms with Gasteiger partial charge >= 0.3 is 0 Å². The molecule has 0 aliphatic carbocycles. The average molecular weight is 228 g/mol. The molecule has 0 amide bonds. The van der Waals surface area contributed by atoms with Gasteiger partial charge in [-0.25, -0.2) is 8.78 Å². The minimum Gasteiger partial charge on any atom is -0.201 e. The Morgan fingerprint density at radius 2 is 2.07 bits per heavy atom. The summed E-state index contributed by atoms with van der Waals surface area (Å²) in [6, 6.07) is 5.33. The Bertz CT molecular complexity index is 372. The number of hydrogen-bond donors (Lipinski definition) is 0. The van der Waals surface area contributed by atoms with Crippen molar-refractivity contribution in [1.82, 2.24) is 0 Å². The molecule has 15 heavy (non-hydrogen) atoms. The summed E-state index contributed by atoms with van der Waals surface area (Å²) >= 11 is 1.54. The lowest BCUT2D eigenvalue weighted by molar-refractivity contribution is -0.0115. The Labute approximate surface area is 93.1 Å². The molecule has 0 radical (unpaired) electrons. The molecule has 0 atom stereocenters. The molecular weight excluding hydrogens is 214 g/mol. The lowest BCUT2D eigenvalue weighted by Crippen LogP contribution is -2.19. The van der Waals surface area contributed by atoms with Crippen molar-refractivity contribution in [3.8, 4) is 0 Å². The zero-order valence-corrected chi connectivity index (χ0v) is 9.70. The molecule has 0 spiro atoms. The van der Waals surface area contributed by atoms with E-state index in [1.165, 1.54) is 0 Å². The maximum absolute atomic E-state index is 13.5. The van der Waals surface area contributed by atoms with Crippen LogP contribution in [0.4, 0.5) is 8.78 Å². The molecule has 0 N–H and O–H groups in total. The average Bonchev–Trinajstić information content (AvgIpc) is 2.16. The number of halogens is 2. The van der Waals surface area contributed by atoms with Crippen LogP contribution in [0.1, 0.15) is 37.3 Å². The van der Waals surface area contributed by atoms with E-state index in [-0.39, 0.29) is 12.0 Å². The quantitative estimate of drug-likeness (QED) is 0.686. The van der Waals surface area contributed by atoms with Crippen LogP contribution >= 0.6 is 11.8 Å². The zero-order valence-electron chi connectivity index (χ0n) is 8.89. The maximum Gasteiger partial charge on any atom is 0.275 e. The maximum atomic E-state index is 13.5. The molecule has 0 nitrogen and oxygen atoms in total. The number of fused-ring (bicyclic) bond motifs is 1. The van der Waals surface area contributed by atoms with Gasteiger partial charge in [0.2, 0.25) is 0 Å². The topological polar surface area (TPSA) is 0 Å². The minimum atomic E-state index is -2.63. The second-order valence-electron chi connectivity index (χ2n) is 4.21. The van der Waals surface area contributed by atoms with Crippen LogP contribution in [0.25, 0.3) is 0 Å². The Kier molecular flexibility index (Phi) is 2.75. The fraction of sp³-hybridized carbons (Fsp3) is 0.500. The fourth-order valence-electron chi connectivity index (χ4n) is 1.74. The predicted octanol–water partition coefficient (Wildman–Crippen LogP) is 4.40. The van der Waals surface area contributed by atoms with Crippen molar-refractivity contribution in [2.45, 2.75) is 37.0 Å². The Morgan fingerprint density at radius 1 is 1.33 bits per heavy atom. The smallest absolute Gasteiger partial charge is 0.201 e. The Morgan fingerprint density at radius 3 is 2.73 bits per heavy atom. The van der Waals surface area contributed by atoms with Crippen LogP contribution < -0.4 is 0 Å². The van der Waals surface area contributed by atoms with Crippen molar-refractivity contribution in [2.75, 3.05) is 5.75 Å². The van der Waals surface area contributed by atoms with Crippen LogP contribution in [0.2, 0.25) is 0 Å². The van der Waals surface area contributed by atoms with Crippen LogP contribution in [0.5, 0.6) is 0 Å². The minimum absolute atomic E-state index is 0.0360. The van der Waals surface area contributed by atoms with Gasteiger partial charge in [-0.1, -0.05) is 26.0 Å². The van der Waals surface area contributed by atoms with E-state index in [4.69, 9.17) is 0 Å². The molecule has 1 aromatic rings. The highest BCUT2D eigenvalue weighted by atomic mass is 32.2. The van der Waals surface area contributed by atoms with E-state index >= 15 is 0 Å². The van der Waals surface area contributed by atoms with Crippen molar-refractivity contribution in [1.29, 1.82) is 0 Å². The molecule has 0 fully saturated rings. The van der Waals surface area contributed by atoms with Crippen molar-refractivity contribution in [2.24, 2.45) is 0 Å². The monoisotopic (exact) mass is 228 g/mol. The molecular formula is C12H14F2S. The first-order chi connectivity index (χ1) is 7.00. The highest BCUT2D eigenvalue weighted by Gasteiger charge is 2.36. The molecule has 82 valence electrons. The molecule has 3 heteroatoms. The summed E-state index contributed by atoms with van der Waals surface area (Å²) in [5.74, 6) is -1.72. The molecule has 1 heterocycles. The number of alkyl halides is 2. The van der Waals surface area contributed by atoms with Crippen molar-refractivity contribution >= 4 is 11.8 Å². The molecule has 1 aliphatic rings. The number of rotatable bonds is 1. The normalized spacial score (nSPS) is 19.0. The molecule has 1 aliphatic heterocycles. The third kappa shape index (κ3) is 2.03. The summed E-state index contributed by atoms with van der Waals surface area (Å²) in [5.41, 5.74) is 1.35. The van der Waals surface area contributed by atoms with Crippen molar-refractivity contribution < 1.29 is 8.78 Å². The van der Waals surface area contributed by atoms with Gasteiger partial charge in [-0.2, -0.15) is 0 Å². The second kappa shape index (κ2) is 3.78. The Balaban J connectivity index is 2.45. The van der Waals surface area contributed by atoms with Gasteiger partial charge in [0, 0.05) is 22.6 Å². The summed E-state index contributed by atoms with van der Waals surface area (Å²) in [5, 5.41) is 0. The second-order valence-corrected chi connectivity index (χ2v) is 5.35. The number of hydrogen-bond acceptors (Lipinski definition) is 1. The Hall–Kier alpha value is -0.570. The third-order valence-corrected chi connectivity index (χ3v) is 3.80. The van der Waals surface area contributed by atoms with Crippen LogP contribution in [-0.4, -0.2) is 5.75 Å². The molecule has 1 aromatic carbocycles. The highest BCUT2D eigenvalue weighted by molar-refractivity contribution is 7.99. The first-order valence-electron chi connectivity index (χ1n) is 5.16. The van der Waals surface area contributed by atoms with Gasteiger partial charge in [0.1, 0.15) is 0 Å². The SMILES string of the molecule is CC(C)c1ccc2c(c1)SCCC2(F)F. The van der Waals surface area contributed by atoms with Gasteiger partial charge in [-0.3, -0.25) is 0 Å². The van der Waals surface area contributed by atoms with Crippen LogP contribution in [0.3, 0.4) is 0 Å². The van der Waals surface area contributed by atoms with Crippen LogP contribution in [-0.2, 0) is 5.92 Å². The first kappa shape index (κ1) is 10.9. The van der Waals surface area contributed by atoms with E-state index in [1.807, 2.05) is 12.1 Å². The zero-order chi connectivity index (χ0) is 11.1. The third-order valence-electron chi connectivity index (χ3n) is 2.74. The largest absolute Gasteiger partial charge is 0.275 e. The molecule has 0 saturated carbocycles.